The lowest BCUT2D eigenvalue weighted by Crippen LogP contribution is -2.25. The van der Waals surface area contributed by atoms with Gasteiger partial charge >= 0.3 is 0 Å². The summed E-state index contributed by atoms with van der Waals surface area (Å²) in [7, 11) is 0. The van der Waals surface area contributed by atoms with Gasteiger partial charge < -0.3 is 10.1 Å². The van der Waals surface area contributed by atoms with Crippen LogP contribution in [-0.2, 0) is 11.3 Å². The number of ether oxygens (including phenoxy) is 1. The molecular weight excluding hydrogens is 297 g/mol. The van der Waals surface area contributed by atoms with E-state index < -0.39 is 0 Å². The Labute approximate surface area is 116 Å². The monoisotopic (exact) mass is 315 g/mol. The normalized spacial score (nSPS) is 20.0. The molecule has 0 aliphatic carbocycles. The molecule has 0 spiro atoms. The highest BCUT2D eigenvalue weighted by Gasteiger charge is 2.12. The van der Waals surface area contributed by atoms with E-state index in [2.05, 4.69) is 21.2 Å². The van der Waals surface area contributed by atoms with E-state index >= 15 is 0 Å². The first-order valence-corrected chi connectivity index (χ1v) is 7.31. The van der Waals surface area contributed by atoms with E-state index in [1.165, 1.54) is 18.9 Å². The summed E-state index contributed by atoms with van der Waals surface area (Å²) in [5, 5.41) is 3.27. The Kier molecular flexibility index (Phi) is 5.60. The topological polar surface area (TPSA) is 21.3 Å². The molecule has 0 radical (unpaired) electrons. The maximum atomic E-state index is 13.5. The molecular formula is C14H19BrFNO. The molecule has 100 valence electrons. The van der Waals surface area contributed by atoms with Crippen molar-refractivity contribution in [3.05, 3.63) is 34.1 Å². The Bertz CT molecular complexity index is 380. The summed E-state index contributed by atoms with van der Waals surface area (Å²) in [6.45, 7) is 2.35. The maximum Gasteiger partial charge on any atom is 0.128 e. The van der Waals surface area contributed by atoms with Gasteiger partial charge in [0.05, 0.1) is 6.10 Å². The van der Waals surface area contributed by atoms with Crippen LogP contribution in [0.4, 0.5) is 4.39 Å². The average Bonchev–Trinajstić information content (AvgIpc) is 2.38. The lowest BCUT2D eigenvalue weighted by atomic mass is 10.1. The molecule has 2 nitrogen and oxygen atoms in total. The fourth-order valence-corrected chi connectivity index (χ4v) is 2.52. The highest BCUT2D eigenvalue weighted by atomic mass is 79.9. The van der Waals surface area contributed by atoms with Gasteiger partial charge in [0.1, 0.15) is 5.82 Å². The van der Waals surface area contributed by atoms with Crippen molar-refractivity contribution in [3.63, 3.8) is 0 Å². The maximum absolute atomic E-state index is 13.5. The summed E-state index contributed by atoms with van der Waals surface area (Å²) >= 11 is 3.25. The van der Waals surface area contributed by atoms with Gasteiger partial charge in [0.25, 0.3) is 0 Å². The van der Waals surface area contributed by atoms with Crippen LogP contribution in [0.5, 0.6) is 0 Å². The molecule has 1 aliphatic rings. The molecule has 2 rings (SSSR count). The Morgan fingerprint density at radius 3 is 3.00 bits per heavy atom. The molecule has 1 unspecified atom stereocenters. The van der Waals surface area contributed by atoms with E-state index in [0.29, 0.717) is 18.2 Å². The molecule has 0 amide bonds. The fourth-order valence-electron chi connectivity index (χ4n) is 2.19. The van der Waals surface area contributed by atoms with E-state index in [1.807, 2.05) is 12.1 Å². The second-order valence-corrected chi connectivity index (χ2v) is 5.61. The zero-order valence-corrected chi connectivity index (χ0v) is 12.0. The summed E-state index contributed by atoms with van der Waals surface area (Å²) in [5.41, 5.74) is 0.711. The van der Waals surface area contributed by atoms with Crippen LogP contribution in [0.2, 0.25) is 0 Å². The van der Waals surface area contributed by atoms with E-state index in [0.717, 1.165) is 30.5 Å². The molecule has 1 atom stereocenters. The third kappa shape index (κ3) is 4.34. The van der Waals surface area contributed by atoms with Crippen molar-refractivity contribution in [1.82, 2.24) is 5.32 Å². The number of rotatable bonds is 5. The van der Waals surface area contributed by atoms with E-state index in [1.54, 1.807) is 0 Å². The van der Waals surface area contributed by atoms with E-state index in [4.69, 9.17) is 4.74 Å². The van der Waals surface area contributed by atoms with Crippen LogP contribution < -0.4 is 5.32 Å². The molecule has 1 aromatic rings. The van der Waals surface area contributed by atoms with Crippen LogP contribution in [0.25, 0.3) is 0 Å². The summed E-state index contributed by atoms with van der Waals surface area (Å²) in [4.78, 5) is 0. The van der Waals surface area contributed by atoms with Gasteiger partial charge in [-0.25, -0.2) is 4.39 Å². The minimum Gasteiger partial charge on any atom is -0.378 e. The van der Waals surface area contributed by atoms with Crippen LogP contribution in [0.1, 0.15) is 31.2 Å². The Morgan fingerprint density at radius 2 is 2.28 bits per heavy atom. The predicted molar refractivity (Wildman–Crippen MR) is 74.0 cm³/mol. The summed E-state index contributed by atoms with van der Waals surface area (Å²) < 4.78 is 20.0. The lowest BCUT2D eigenvalue weighted by Gasteiger charge is -2.22. The van der Waals surface area contributed by atoms with Gasteiger partial charge in [-0.05, 0) is 44.4 Å². The van der Waals surface area contributed by atoms with Gasteiger partial charge in [-0.2, -0.15) is 0 Å². The van der Waals surface area contributed by atoms with Gasteiger partial charge in [-0.1, -0.05) is 22.0 Å². The number of hydrogen-bond acceptors (Lipinski definition) is 2. The first-order chi connectivity index (χ1) is 8.75. The number of halogens is 2. The van der Waals surface area contributed by atoms with Crippen LogP contribution in [-0.4, -0.2) is 19.3 Å². The standard InChI is InChI=1S/C14H19BrFNO/c15-12-5-4-11(14(16)9-12)10-17-7-6-13-3-1-2-8-18-13/h4-5,9,13,17H,1-3,6-8,10H2. The molecule has 0 saturated carbocycles. The molecule has 1 aliphatic heterocycles. The third-order valence-electron chi connectivity index (χ3n) is 3.25. The van der Waals surface area contributed by atoms with Crippen molar-refractivity contribution in [2.24, 2.45) is 0 Å². The molecule has 4 heteroatoms. The molecule has 1 saturated heterocycles. The second-order valence-electron chi connectivity index (χ2n) is 4.69. The van der Waals surface area contributed by atoms with Crippen molar-refractivity contribution in [1.29, 1.82) is 0 Å². The quantitative estimate of drug-likeness (QED) is 0.838. The van der Waals surface area contributed by atoms with Crippen molar-refractivity contribution in [2.45, 2.75) is 38.3 Å². The van der Waals surface area contributed by atoms with Gasteiger partial charge in [0.15, 0.2) is 0 Å². The van der Waals surface area contributed by atoms with Crippen LogP contribution >= 0.6 is 15.9 Å². The second kappa shape index (κ2) is 7.22. The van der Waals surface area contributed by atoms with Gasteiger partial charge in [0, 0.05) is 23.2 Å². The van der Waals surface area contributed by atoms with E-state index in [-0.39, 0.29) is 5.82 Å². The van der Waals surface area contributed by atoms with Gasteiger partial charge in [-0.15, -0.1) is 0 Å². The molecule has 1 aromatic carbocycles. The van der Waals surface area contributed by atoms with Crippen LogP contribution in [0.3, 0.4) is 0 Å². The highest BCUT2D eigenvalue weighted by molar-refractivity contribution is 9.10. The summed E-state index contributed by atoms with van der Waals surface area (Å²) in [6.07, 6.45) is 5.02. The Morgan fingerprint density at radius 1 is 1.39 bits per heavy atom. The third-order valence-corrected chi connectivity index (χ3v) is 3.74. The van der Waals surface area contributed by atoms with Gasteiger partial charge in [-0.3, -0.25) is 0 Å². The fraction of sp³-hybridized carbons (Fsp3) is 0.571. The number of benzene rings is 1. The minimum absolute atomic E-state index is 0.161. The molecule has 1 heterocycles. The number of hydrogen-bond donors (Lipinski definition) is 1. The lowest BCUT2D eigenvalue weighted by molar-refractivity contribution is 0.0115. The van der Waals surface area contributed by atoms with Crippen molar-refractivity contribution in [2.75, 3.05) is 13.2 Å². The first kappa shape index (κ1) is 14.0. The summed E-state index contributed by atoms with van der Waals surface area (Å²) in [6, 6.07) is 5.18. The van der Waals surface area contributed by atoms with Crippen molar-refractivity contribution in [3.8, 4) is 0 Å². The zero-order valence-electron chi connectivity index (χ0n) is 10.4. The average molecular weight is 316 g/mol. The molecule has 0 aromatic heterocycles. The minimum atomic E-state index is -0.161. The number of nitrogens with one attached hydrogen (secondary N) is 1. The van der Waals surface area contributed by atoms with Crippen LogP contribution in [0.15, 0.2) is 22.7 Å². The molecule has 18 heavy (non-hydrogen) atoms. The van der Waals surface area contributed by atoms with Crippen molar-refractivity contribution >= 4 is 15.9 Å². The zero-order chi connectivity index (χ0) is 12.8. The highest BCUT2D eigenvalue weighted by Crippen LogP contribution is 2.16. The largest absolute Gasteiger partial charge is 0.378 e. The smallest absolute Gasteiger partial charge is 0.128 e. The Balaban J connectivity index is 1.68. The van der Waals surface area contributed by atoms with Gasteiger partial charge in [0.2, 0.25) is 0 Å². The first-order valence-electron chi connectivity index (χ1n) is 6.52. The Hall–Kier alpha value is -0.450. The van der Waals surface area contributed by atoms with Crippen LogP contribution in [0, 0.1) is 5.82 Å². The predicted octanol–water partition coefficient (Wildman–Crippen LogP) is 3.64. The van der Waals surface area contributed by atoms with Crippen molar-refractivity contribution < 1.29 is 9.13 Å². The molecule has 1 fully saturated rings. The molecule has 1 N–H and O–H groups in total. The SMILES string of the molecule is Fc1cc(Br)ccc1CNCCC1CCCCO1. The summed E-state index contributed by atoms with van der Waals surface area (Å²) in [5.74, 6) is -0.161. The molecule has 0 bridgehead atoms. The van der Waals surface area contributed by atoms with E-state index in [9.17, 15) is 4.39 Å².